The number of nitrogens with zero attached hydrogens (tertiary/aromatic N) is 8. The number of para-hydroxylation sites is 14. The summed E-state index contributed by atoms with van der Waals surface area (Å²) in [5, 5.41) is 4.65. The van der Waals surface area contributed by atoms with Crippen LogP contribution >= 0.6 is 0 Å². The van der Waals surface area contributed by atoms with Gasteiger partial charge in [-0.1, -0.05) is 274 Å². The van der Waals surface area contributed by atoms with Gasteiger partial charge < -0.3 is 48.0 Å². The molecule has 26 rings (SSSR count). The van der Waals surface area contributed by atoms with Crippen LogP contribution in [0.25, 0.3) is 55.0 Å². The maximum absolute atomic E-state index is 6.75. The van der Waals surface area contributed by atoms with Crippen LogP contribution in [0.15, 0.2) is 413 Å². The third kappa shape index (κ3) is 11.3. The molecule has 0 spiro atoms. The third-order valence-electron chi connectivity index (χ3n) is 28.6. The van der Waals surface area contributed by atoms with Crippen LogP contribution in [0.3, 0.4) is 0 Å². The quantitative estimate of drug-likeness (QED) is 0.149. The summed E-state index contributed by atoms with van der Waals surface area (Å²) in [5.41, 5.74) is 36.3. The van der Waals surface area contributed by atoms with E-state index in [1.165, 1.54) is 101 Å². The minimum atomic E-state index is -0.285. The first kappa shape index (κ1) is 76.4. The Morgan fingerprint density at radius 1 is 0.169 bits per heavy atom. The Bertz CT molecular complexity index is 7580. The fourth-order valence-electron chi connectivity index (χ4n) is 22.4. The van der Waals surface area contributed by atoms with Crippen molar-refractivity contribution < 1.29 is 9.47 Å². The van der Waals surface area contributed by atoms with E-state index in [2.05, 4.69) is 482 Å². The topological polar surface area (TPSA) is 47.8 Å². The van der Waals surface area contributed by atoms with Gasteiger partial charge >= 0.3 is 0 Å². The second kappa shape index (κ2) is 28.7. The lowest BCUT2D eigenvalue weighted by Crippen LogP contribution is -2.35. The van der Waals surface area contributed by atoms with Crippen LogP contribution in [0.4, 0.5) is 102 Å². The molecule has 6 aliphatic rings. The molecule has 8 heterocycles. The number of anilines is 18. The lowest BCUT2D eigenvalue weighted by molar-refractivity contribution is 0.477. The van der Waals surface area contributed by atoms with Crippen molar-refractivity contribution in [2.75, 3.05) is 29.4 Å². The second-order valence-electron chi connectivity index (χ2n) is 37.2. The van der Waals surface area contributed by atoms with Crippen molar-refractivity contribution in [3.8, 4) is 34.4 Å². The number of hydrogen-bond donors (Lipinski definition) is 0. The van der Waals surface area contributed by atoms with Gasteiger partial charge in [0.05, 0.1) is 78.9 Å². The number of fused-ring (bicyclic) bond motifs is 20. The molecule has 0 aliphatic carbocycles. The van der Waals surface area contributed by atoms with Gasteiger partial charge in [-0.15, -0.1) is 0 Å². The largest absolute Gasteiger partial charge is 0.453 e. The number of rotatable bonds is 8. The predicted octanol–water partition coefficient (Wildman–Crippen LogP) is 33.2. The summed E-state index contributed by atoms with van der Waals surface area (Å²) in [6.45, 7) is 19.2. The van der Waals surface area contributed by atoms with E-state index >= 15 is 0 Å². The molecule has 0 fully saturated rings. The maximum Gasteiger partial charge on any atom is 0.153 e. The van der Waals surface area contributed by atoms with E-state index in [1.807, 2.05) is 24.3 Å². The van der Waals surface area contributed by atoms with Crippen LogP contribution in [0.1, 0.15) is 99.9 Å². The first-order valence-electron chi connectivity index (χ1n) is 45.2. The summed E-state index contributed by atoms with van der Waals surface area (Å²) in [5.74, 6) is 3.26. The Labute approximate surface area is 757 Å². The molecule has 20 aromatic rings. The summed E-state index contributed by atoms with van der Waals surface area (Å²) in [6, 6.07) is 150. The molecule has 130 heavy (non-hydrogen) atoms. The van der Waals surface area contributed by atoms with E-state index in [-0.39, 0.29) is 21.7 Å². The molecule has 18 aromatic carbocycles. The van der Waals surface area contributed by atoms with Crippen molar-refractivity contribution in [2.24, 2.45) is 0 Å². The van der Waals surface area contributed by atoms with E-state index in [0.29, 0.717) is 0 Å². The third-order valence-corrected chi connectivity index (χ3v) is 28.6. The van der Waals surface area contributed by atoms with Crippen LogP contribution in [0, 0.1) is 0 Å². The molecule has 0 saturated heterocycles. The average Bonchev–Trinajstić information content (AvgIpc) is 1.52. The number of hydrogen-bond acceptors (Lipinski definition) is 8. The van der Waals surface area contributed by atoms with Gasteiger partial charge in [-0.2, -0.15) is 0 Å². The summed E-state index contributed by atoms with van der Waals surface area (Å²) in [6.07, 6.45) is 0. The van der Waals surface area contributed by atoms with Gasteiger partial charge in [-0.05, 0) is 239 Å². The highest BCUT2D eigenvalue weighted by Gasteiger charge is 2.47. The fraction of sp³-hybridized carbons (Fsp3) is 0.100. The molecule has 10 nitrogen and oxygen atoms in total. The van der Waals surface area contributed by atoms with E-state index in [4.69, 9.17) is 9.47 Å². The van der Waals surface area contributed by atoms with Gasteiger partial charge in [0.15, 0.2) is 23.0 Å². The van der Waals surface area contributed by atoms with Crippen LogP contribution in [0.5, 0.6) is 23.0 Å². The molecule has 0 amide bonds. The smallest absolute Gasteiger partial charge is 0.153 e. The fourth-order valence-corrected chi connectivity index (χ4v) is 22.4. The lowest BCUT2D eigenvalue weighted by Gasteiger charge is -2.47. The van der Waals surface area contributed by atoms with Crippen molar-refractivity contribution in [2.45, 2.75) is 77.0 Å². The Morgan fingerprint density at radius 2 is 0.423 bits per heavy atom. The summed E-state index contributed by atoms with van der Waals surface area (Å²) in [4.78, 5) is 14.8. The molecule has 0 unspecified atom stereocenters. The molecule has 6 aliphatic heterocycles. The number of aromatic nitrogens is 2. The summed E-state index contributed by atoms with van der Waals surface area (Å²) < 4.78 is 18.3. The molecular formula is C120H92N8O2. The first-order chi connectivity index (χ1) is 63.6. The van der Waals surface area contributed by atoms with Crippen LogP contribution in [-0.4, -0.2) is 9.13 Å². The molecule has 0 N–H and O–H groups in total. The highest BCUT2D eigenvalue weighted by atomic mass is 16.5. The second-order valence-corrected chi connectivity index (χ2v) is 37.2. The van der Waals surface area contributed by atoms with Gasteiger partial charge in [0.1, 0.15) is 11.4 Å². The zero-order valence-electron chi connectivity index (χ0n) is 73.7. The molecule has 0 saturated carbocycles. The van der Waals surface area contributed by atoms with Crippen molar-refractivity contribution >= 4 is 146 Å². The van der Waals surface area contributed by atoms with Gasteiger partial charge in [0.2, 0.25) is 0 Å². The Hall–Kier alpha value is -16.0. The Morgan fingerprint density at radius 3 is 0.762 bits per heavy atom. The molecule has 10 heteroatoms. The van der Waals surface area contributed by atoms with E-state index in [9.17, 15) is 0 Å². The standard InChI is InChI=1S/C66H58N4.C54H34N4O2/c1-63(2)47-30-15-19-34-55(47)67(43-24-11-9-12-25-43)59-39-53-61(41-51(59)63)69(57-36-21-17-32-49(57)65(53,5)6)45-28-23-29-46(38-45)70-58-37-22-18-33-50(58)66(7,8)54-40-60-52(42-62(54)70)64(3,4)48-31-16-20-35-56(48)68(60)44-26-13-10-14-27-44;1-3-16-35(17-4-1)55-45-26-11-13-28-47(45)59-49-32-30-41-39-22-7-9-24-43(39)57(51(41)53(49)55)37-20-15-21-38(34-37)58-44-25-10-8-23-40(44)42-31-33-50-54(52(42)58)56(36-18-5-2-6-19-36)46-27-12-14-29-48(46)60-50/h9-42H,1-8H3;1-34H. The molecule has 0 atom stereocenters. The molecule has 0 bridgehead atoms. The van der Waals surface area contributed by atoms with Gasteiger partial charge in [-0.3, -0.25) is 0 Å². The van der Waals surface area contributed by atoms with Crippen LogP contribution in [-0.2, 0) is 21.7 Å². The number of benzene rings is 18. The zero-order valence-corrected chi connectivity index (χ0v) is 73.7. The van der Waals surface area contributed by atoms with E-state index < -0.39 is 0 Å². The highest BCUT2D eigenvalue weighted by molar-refractivity contribution is 6.18. The molecular weight excluding hydrogens is 1590 g/mol. The summed E-state index contributed by atoms with van der Waals surface area (Å²) in [7, 11) is 0. The average molecular weight is 1680 g/mol. The zero-order chi connectivity index (χ0) is 87.2. The maximum atomic E-state index is 6.75. The minimum Gasteiger partial charge on any atom is -0.453 e. The molecule has 2 aromatic heterocycles. The van der Waals surface area contributed by atoms with Crippen molar-refractivity contribution in [1.82, 2.24) is 9.13 Å². The SMILES string of the molecule is CC1(C)c2ccccc2N(c2ccccc2)c2cc3c(cc21)N(c1cccc(N2c4ccccc4C(C)(C)c4cc5c(cc42)C(C)(C)c2ccccc2N5c2ccccc2)c1)c1ccccc1C3(C)C.c1ccc(N2c3ccccc3Oc3ccc4c5ccccc5n(-c5cccc(-n6c7ccccc7c7ccc8c(c76)N(c6ccccc6)c6ccccc6O8)c5)c4c32)cc1. The Kier molecular flexibility index (Phi) is 16.9. The Balaban J connectivity index is 0.000000142. The highest BCUT2D eigenvalue weighted by Crippen LogP contribution is 2.64. The monoisotopic (exact) mass is 1680 g/mol. The van der Waals surface area contributed by atoms with Gasteiger partial charge in [0, 0.05) is 88.7 Å². The van der Waals surface area contributed by atoms with E-state index in [1.54, 1.807) is 0 Å². The summed E-state index contributed by atoms with van der Waals surface area (Å²) >= 11 is 0. The van der Waals surface area contributed by atoms with Crippen LogP contribution < -0.4 is 38.9 Å². The van der Waals surface area contributed by atoms with Crippen molar-refractivity contribution in [1.29, 1.82) is 0 Å². The van der Waals surface area contributed by atoms with Gasteiger partial charge in [0.25, 0.3) is 0 Å². The lowest BCUT2D eigenvalue weighted by atomic mass is 9.68. The molecule has 624 valence electrons. The minimum absolute atomic E-state index is 0.265. The van der Waals surface area contributed by atoms with Gasteiger partial charge in [-0.25, -0.2) is 0 Å². The molecule has 0 radical (unpaired) electrons. The van der Waals surface area contributed by atoms with Crippen molar-refractivity contribution in [3.05, 3.63) is 457 Å². The predicted molar refractivity (Wildman–Crippen MR) is 538 cm³/mol. The van der Waals surface area contributed by atoms with Crippen LogP contribution in [0.2, 0.25) is 0 Å². The van der Waals surface area contributed by atoms with Crippen molar-refractivity contribution in [3.63, 3.8) is 0 Å². The normalized spacial score (nSPS) is 15.0. The number of ether oxygens (including phenoxy) is 2. The first-order valence-corrected chi connectivity index (χ1v) is 45.2. The van der Waals surface area contributed by atoms with E-state index in [0.717, 1.165) is 124 Å².